The van der Waals surface area contributed by atoms with Crippen molar-refractivity contribution in [2.45, 2.75) is 32.7 Å². The zero-order chi connectivity index (χ0) is 4.99. The first kappa shape index (κ1) is 5.96. The molecule has 0 aliphatic carbocycles. The number of rotatable bonds is 2. The standard InChI is InChI=1S/C5H11N/c1-3-4-5(2)6/h5H,3-4H2,1-2H3. The van der Waals surface area contributed by atoms with E-state index in [0.29, 0.717) is 0 Å². The molecule has 0 aromatic rings. The molecule has 0 heterocycles. The van der Waals surface area contributed by atoms with Crippen molar-refractivity contribution in [3.63, 3.8) is 0 Å². The molecular weight excluding hydrogens is 74.1 g/mol. The van der Waals surface area contributed by atoms with Gasteiger partial charge in [0, 0.05) is 6.04 Å². The molecule has 0 saturated heterocycles. The molecule has 0 aromatic heterocycles. The Balaban J connectivity index is 2.63. The summed E-state index contributed by atoms with van der Waals surface area (Å²) in [5, 5.41) is 0. The second-order valence-electron chi connectivity index (χ2n) is 1.64. The van der Waals surface area contributed by atoms with E-state index in [2.05, 4.69) is 6.92 Å². The molecule has 0 amide bonds. The molecule has 0 rings (SSSR count). The lowest BCUT2D eigenvalue weighted by molar-refractivity contribution is 0.636. The van der Waals surface area contributed by atoms with Crippen LogP contribution in [-0.2, 0) is 0 Å². The SMILES string of the molecule is CCCC(C)[N]. The van der Waals surface area contributed by atoms with E-state index >= 15 is 0 Å². The van der Waals surface area contributed by atoms with Gasteiger partial charge in [0.25, 0.3) is 0 Å². The Morgan fingerprint density at radius 2 is 2.17 bits per heavy atom. The lowest BCUT2D eigenvalue weighted by atomic mass is 10.2. The lowest BCUT2D eigenvalue weighted by Crippen LogP contribution is -1.99. The minimum absolute atomic E-state index is 0.102. The maximum Gasteiger partial charge on any atom is 0.0405 e. The van der Waals surface area contributed by atoms with Crippen LogP contribution >= 0.6 is 0 Å². The predicted molar refractivity (Wildman–Crippen MR) is 26.5 cm³/mol. The second-order valence-corrected chi connectivity index (χ2v) is 1.64. The summed E-state index contributed by atoms with van der Waals surface area (Å²) >= 11 is 0. The zero-order valence-electron chi connectivity index (χ0n) is 4.44. The van der Waals surface area contributed by atoms with Gasteiger partial charge in [0.15, 0.2) is 0 Å². The molecule has 6 heavy (non-hydrogen) atoms. The first-order valence-corrected chi connectivity index (χ1v) is 2.45. The van der Waals surface area contributed by atoms with Crippen LogP contribution in [0.15, 0.2) is 0 Å². The highest BCUT2D eigenvalue weighted by Crippen LogP contribution is 1.90. The normalized spacial score (nSPS) is 14.5. The van der Waals surface area contributed by atoms with Crippen molar-refractivity contribution in [3.8, 4) is 0 Å². The molecule has 0 saturated carbocycles. The molecule has 0 aliphatic rings. The molecule has 0 N–H and O–H groups in total. The molecule has 1 nitrogen and oxygen atoms in total. The molecule has 0 aliphatic heterocycles. The monoisotopic (exact) mass is 85.1 g/mol. The minimum Gasteiger partial charge on any atom is -0.141 e. The Labute approximate surface area is 39.5 Å². The highest BCUT2D eigenvalue weighted by molar-refractivity contribution is 4.46. The van der Waals surface area contributed by atoms with Gasteiger partial charge in [-0.3, -0.25) is 0 Å². The van der Waals surface area contributed by atoms with Crippen LogP contribution in [0.25, 0.3) is 0 Å². The third kappa shape index (κ3) is 3.96. The third-order valence-electron chi connectivity index (χ3n) is 0.706. The molecule has 2 radical (unpaired) electrons. The Morgan fingerprint density at radius 1 is 1.67 bits per heavy atom. The quantitative estimate of drug-likeness (QED) is 0.481. The van der Waals surface area contributed by atoms with Gasteiger partial charge in [0.1, 0.15) is 0 Å². The summed E-state index contributed by atoms with van der Waals surface area (Å²) < 4.78 is 0. The fraction of sp³-hybridized carbons (Fsp3) is 1.00. The average Bonchev–Trinajstić information content (AvgIpc) is 1.35. The molecule has 0 fully saturated rings. The third-order valence-corrected chi connectivity index (χ3v) is 0.706. The van der Waals surface area contributed by atoms with Gasteiger partial charge in [-0.05, 0) is 13.3 Å². The molecule has 36 valence electrons. The maximum absolute atomic E-state index is 8.55. The molecule has 1 heteroatoms. The summed E-state index contributed by atoms with van der Waals surface area (Å²) in [6.07, 6.45) is 2.01. The predicted octanol–water partition coefficient (Wildman–Crippen LogP) is 1.24. The van der Waals surface area contributed by atoms with E-state index in [1.165, 1.54) is 0 Å². The Morgan fingerprint density at radius 3 is 2.17 bits per heavy atom. The first-order valence-electron chi connectivity index (χ1n) is 2.45. The van der Waals surface area contributed by atoms with E-state index in [0.717, 1.165) is 12.8 Å². The van der Waals surface area contributed by atoms with E-state index in [1.54, 1.807) is 0 Å². The average molecular weight is 85.2 g/mol. The highest BCUT2D eigenvalue weighted by atomic mass is 14.6. The van der Waals surface area contributed by atoms with Gasteiger partial charge in [-0.1, -0.05) is 13.3 Å². The van der Waals surface area contributed by atoms with Gasteiger partial charge in [-0.15, -0.1) is 5.73 Å². The van der Waals surface area contributed by atoms with Crippen molar-refractivity contribution in [1.82, 2.24) is 5.73 Å². The summed E-state index contributed by atoms with van der Waals surface area (Å²) in [5.74, 6) is 0. The Bertz CT molecular complexity index is 25.1. The fourth-order valence-corrected chi connectivity index (χ4v) is 0.418. The van der Waals surface area contributed by atoms with Crippen molar-refractivity contribution >= 4 is 0 Å². The van der Waals surface area contributed by atoms with Gasteiger partial charge in [0.05, 0.1) is 0 Å². The summed E-state index contributed by atoms with van der Waals surface area (Å²) in [6.45, 7) is 3.87. The van der Waals surface area contributed by atoms with Crippen molar-refractivity contribution in [2.24, 2.45) is 0 Å². The van der Waals surface area contributed by atoms with E-state index in [-0.39, 0.29) is 6.04 Å². The largest absolute Gasteiger partial charge is 0.141 e. The van der Waals surface area contributed by atoms with E-state index in [9.17, 15) is 0 Å². The van der Waals surface area contributed by atoms with Crippen LogP contribution < -0.4 is 5.73 Å². The van der Waals surface area contributed by atoms with Gasteiger partial charge in [0.2, 0.25) is 0 Å². The van der Waals surface area contributed by atoms with Crippen molar-refractivity contribution in [2.75, 3.05) is 0 Å². The van der Waals surface area contributed by atoms with Gasteiger partial charge in [-0.2, -0.15) is 0 Å². The Hall–Kier alpha value is -0.0400. The van der Waals surface area contributed by atoms with E-state index in [4.69, 9.17) is 5.73 Å². The van der Waals surface area contributed by atoms with Crippen LogP contribution in [-0.4, -0.2) is 6.04 Å². The summed E-state index contributed by atoms with van der Waals surface area (Å²) in [5.41, 5.74) is 8.55. The molecular formula is C5H11N. The van der Waals surface area contributed by atoms with Crippen molar-refractivity contribution < 1.29 is 0 Å². The summed E-state index contributed by atoms with van der Waals surface area (Å²) in [4.78, 5) is 0. The summed E-state index contributed by atoms with van der Waals surface area (Å²) in [7, 11) is 0. The molecule has 0 spiro atoms. The minimum atomic E-state index is -0.102. The van der Waals surface area contributed by atoms with Gasteiger partial charge >= 0.3 is 0 Å². The van der Waals surface area contributed by atoms with E-state index in [1.807, 2.05) is 6.92 Å². The molecule has 1 atom stereocenters. The maximum atomic E-state index is 8.55. The number of hydrogen-bond donors (Lipinski definition) is 0. The second kappa shape index (κ2) is 3.16. The Kier molecular flexibility index (Phi) is 3.14. The van der Waals surface area contributed by atoms with Crippen LogP contribution in [0.5, 0.6) is 0 Å². The lowest BCUT2D eigenvalue weighted by Gasteiger charge is -1.93. The molecule has 0 aromatic carbocycles. The van der Waals surface area contributed by atoms with Crippen LogP contribution in [0.3, 0.4) is 0 Å². The zero-order valence-corrected chi connectivity index (χ0v) is 4.44. The van der Waals surface area contributed by atoms with Crippen LogP contribution in [0, 0.1) is 0 Å². The summed E-state index contributed by atoms with van der Waals surface area (Å²) in [6, 6.07) is -0.102. The highest BCUT2D eigenvalue weighted by Gasteiger charge is 1.88. The number of hydrogen-bond acceptors (Lipinski definition) is 0. The molecule has 1 unspecified atom stereocenters. The topological polar surface area (TPSA) is 22.3 Å². The van der Waals surface area contributed by atoms with E-state index < -0.39 is 0 Å². The fourth-order valence-electron chi connectivity index (χ4n) is 0.418. The van der Waals surface area contributed by atoms with Crippen molar-refractivity contribution in [1.29, 1.82) is 0 Å². The van der Waals surface area contributed by atoms with Gasteiger partial charge < -0.3 is 0 Å². The van der Waals surface area contributed by atoms with Crippen LogP contribution in [0.2, 0.25) is 0 Å². The first-order chi connectivity index (χ1) is 2.77. The van der Waals surface area contributed by atoms with Crippen LogP contribution in [0.4, 0.5) is 0 Å². The van der Waals surface area contributed by atoms with Crippen molar-refractivity contribution in [3.05, 3.63) is 0 Å². The smallest absolute Gasteiger partial charge is 0.0405 e. The van der Waals surface area contributed by atoms with Crippen LogP contribution in [0.1, 0.15) is 26.7 Å². The molecule has 0 bridgehead atoms. The van der Waals surface area contributed by atoms with Gasteiger partial charge in [-0.25, -0.2) is 0 Å². The number of nitrogens with zero attached hydrogens (tertiary/aromatic N) is 1.